The average molecular weight is 431 g/mol. The first-order chi connectivity index (χ1) is 14.4. The van der Waals surface area contributed by atoms with E-state index in [4.69, 9.17) is 22.1 Å². The van der Waals surface area contributed by atoms with Crippen molar-refractivity contribution in [2.45, 2.75) is 19.8 Å². The van der Waals surface area contributed by atoms with Crippen LogP contribution in [0.3, 0.4) is 0 Å². The number of anilines is 3. The maximum absolute atomic E-state index is 11.8. The molecule has 0 aliphatic rings. The van der Waals surface area contributed by atoms with Gasteiger partial charge in [-0.05, 0) is 37.6 Å². The van der Waals surface area contributed by atoms with Gasteiger partial charge in [0.2, 0.25) is 0 Å². The van der Waals surface area contributed by atoms with E-state index in [1.165, 1.54) is 6.33 Å². The number of rotatable bonds is 10. The summed E-state index contributed by atoms with van der Waals surface area (Å²) in [5, 5.41) is 10.2. The van der Waals surface area contributed by atoms with E-state index in [2.05, 4.69) is 39.1 Å². The second-order valence-corrected chi connectivity index (χ2v) is 6.80. The van der Waals surface area contributed by atoms with Crippen LogP contribution in [0.1, 0.15) is 19.8 Å². The van der Waals surface area contributed by atoms with Crippen molar-refractivity contribution >= 4 is 47.5 Å². The molecule has 2 aromatic rings. The standard InChI is InChI=1S/C21H27ClN6O2/c1-4-9-24-21(29)28-18-7-6-16(12-17(18)22)27-20-15(3)19(25-13-26-20)11-14(2)30-10-5-8-23/h6-7,11-13H,2-5,8-10,23H2,1H3,(H2,24,28,29)(H,25,26,27)/b19-11+. The molecule has 0 fully saturated rings. The number of nitrogens with zero attached hydrogens (tertiary/aromatic N) is 2. The van der Waals surface area contributed by atoms with Gasteiger partial charge in [-0.25, -0.2) is 14.8 Å². The second kappa shape index (κ2) is 11.8. The fraction of sp³-hybridized carbons (Fsp3) is 0.286. The highest BCUT2D eigenvalue weighted by Crippen LogP contribution is 2.26. The average Bonchev–Trinajstić information content (AvgIpc) is 2.71. The minimum atomic E-state index is -0.301. The Balaban J connectivity index is 2.13. The highest BCUT2D eigenvalue weighted by Gasteiger charge is 2.07. The number of carbonyl (C=O) groups is 1. The van der Waals surface area contributed by atoms with E-state index < -0.39 is 0 Å². The van der Waals surface area contributed by atoms with Gasteiger partial charge in [-0.3, -0.25) is 0 Å². The third-order valence-corrected chi connectivity index (χ3v) is 4.24. The maximum atomic E-state index is 11.8. The molecule has 0 saturated heterocycles. The minimum absolute atomic E-state index is 0.301. The van der Waals surface area contributed by atoms with Crippen molar-refractivity contribution in [3.63, 3.8) is 0 Å². The van der Waals surface area contributed by atoms with Crippen molar-refractivity contribution < 1.29 is 9.53 Å². The van der Waals surface area contributed by atoms with Gasteiger partial charge in [0.1, 0.15) is 17.9 Å². The molecule has 0 spiro atoms. The third-order valence-electron chi connectivity index (χ3n) is 3.93. The van der Waals surface area contributed by atoms with E-state index in [-0.39, 0.29) is 6.03 Å². The molecule has 8 nitrogen and oxygen atoms in total. The molecule has 1 aromatic heterocycles. The Labute approximate surface area is 180 Å². The molecule has 5 N–H and O–H groups in total. The SMILES string of the molecule is C=C(/C=c1/ncnc(Nc2ccc(NC(=O)NCCC)c(Cl)c2)c1=C)OCCCN. The summed E-state index contributed by atoms with van der Waals surface area (Å²) in [6.07, 6.45) is 4.71. The molecule has 0 aliphatic heterocycles. The molecule has 0 unspecified atom stereocenters. The molecule has 0 radical (unpaired) electrons. The molecule has 30 heavy (non-hydrogen) atoms. The van der Waals surface area contributed by atoms with E-state index in [0.29, 0.717) is 58.2 Å². The molecule has 1 aromatic carbocycles. The summed E-state index contributed by atoms with van der Waals surface area (Å²) in [5.74, 6) is 0.987. The summed E-state index contributed by atoms with van der Waals surface area (Å²) >= 11 is 6.30. The molecule has 0 atom stereocenters. The zero-order valence-electron chi connectivity index (χ0n) is 17.0. The van der Waals surface area contributed by atoms with Crippen molar-refractivity contribution in [2.75, 3.05) is 30.3 Å². The first-order valence-electron chi connectivity index (χ1n) is 9.59. The van der Waals surface area contributed by atoms with Gasteiger partial charge in [0.15, 0.2) is 0 Å². The molecule has 0 aliphatic carbocycles. The third kappa shape index (κ3) is 7.06. The summed E-state index contributed by atoms with van der Waals surface area (Å²) in [7, 11) is 0. The van der Waals surface area contributed by atoms with Crippen molar-refractivity contribution in [1.82, 2.24) is 15.3 Å². The zero-order valence-corrected chi connectivity index (χ0v) is 17.8. The first kappa shape index (κ1) is 23.2. The van der Waals surface area contributed by atoms with Crippen LogP contribution in [0.4, 0.5) is 22.0 Å². The van der Waals surface area contributed by atoms with Gasteiger partial charge in [-0.1, -0.05) is 31.7 Å². The van der Waals surface area contributed by atoms with E-state index >= 15 is 0 Å². The highest BCUT2D eigenvalue weighted by atomic mass is 35.5. The van der Waals surface area contributed by atoms with Crippen molar-refractivity contribution in [3.8, 4) is 0 Å². The van der Waals surface area contributed by atoms with Gasteiger partial charge < -0.3 is 26.4 Å². The van der Waals surface area contributed by atoms with Gasteiger partial charge in [0, 0.05) is 23.5 Å². The number of benzene rings is 1. The number of carbonyl (C=O) groups excluding carboxylic acids is 1. The van der Waals surface area contributed by atoms with E-state index in [1.807, 2.05) is 6.92 Å². The van der Waals surface area contributed by atoms with E-state index in [1.54, 1.807) is 24.3 Å². The van der Waals surface area contributed by atoms with Crippen molar-refractivity contribution in [3.05, 3.63) is 52.5 Å². The molecule has 0 saturated carbocycles. The number of hydrogen-bond donors (Lipinski definition) is 4. The lowest BCUT2D eigenvalue weighted by Crippen LogP contribution is -2.30. The Morgan fingerprint density at radius 1 is 1.37 bits per heavy atom. The van der Waals surface area contributed by atoms with Gasteiger partial charge in [-0.2, -0.15) is 0 Å². The number of hydrogen-bond acceptors (Lipinski definition) is 6. The van der Waals surface area contributed by atoms with Crippen LogP contribution in [0.15, 0.2) is 36.9 Å². The Hall–Kier alpha value is -3.10. The Morgan fingerprint density at radius 3 is 2.87 bits per heavy atom. The van der Waals surface area contributed by atoms with Crippen LogP contribution in [0.25, 0.3) is 12.7 Å². The predicted octanol–water partition coefficient (Wildman–Crippen LogP) is 2.47. The number of ether oxygens (including phenoxy) is 1. The van der Waals surface area contributed by atoms with Crippen LogP contribution in [-0.2, 0) is 4.74 Å². The fourth-order valence-corrected chi connectivity index (χ4v) is 2.60. The van der Waals surface area contributed by atoms with Gasteiger partial charge in [-0.15, -0.1) is 0 Å². The normalized spacial score (nSPS) is 11.1. The molecular formula is C21H27ClN6O2. The number of halogens is 1. The highest BCUT2D eigenvalue weighted by molar-refractivity contribution is 6.34. The number of urea groups is 1. The summed E-state index contributed by atoms with van der Waals surface area (Å²) in [6.45, 7) is 11.5. The smallest absolute Gasteiger partial charge is 0.319 e. The summed E-state index contributed by atoms with van der Waals surface area (Å²) in [4.78, 5) is 20.3. The lowest BCUT2D eigenvalue weighted by Gasteiger charge is -2.11. The Kier molecular flexibility index (Phi) is 9.11. The molecular weight excluding hydrogens is 404 g/mol. The number of aromatic nitrogens is 2. The second-order valence-electron chi connectivity index (χ2n) is 6.39. The van der Waals surface area contributed by atoms with Gasteiger partial charge in [0.25, 0.3) is 0 Å². The van der Waals surface area contributed by atoms with Gasteiger partial charge in [0.05, 0.1) is 22.7 Å². The van der Waals surface area contributed by atoms with Gasteiger partial charge >= 0.3 is 6.03 Å². The fourth-order valence-electron chi connectivity index (χ4n) is 2.37. The number of allylic oxidation sites excluding steroid dienone is 1. The monoisotopic (exact) mass is 430 g/mol. The Bertz CT molecular complexity index is 995. The lowest BCUT2D eigenvalue weighted by atomic mass is 10.2. The number of amides is 2. The molecule has 2 amide bonds. The van der Waals surface area contributed by atoms with Crippen LogP contribution in [0, 0.1) is 0 Å². The quantitative estimate of drug-likeness (QED) is 0.340. The van der Waals surface area contributed by atoms with Crippen LogP contribution in [0.5, 0.6) is 0 Å². The number of nitrogens with two attached hydrogens (primary N) is 1. The summed E-state index contributed by atoms with van der Waals surface area (Å²) in [5.41, 5.74) is 6.65. The van der Waals surface area contributed by atoms with Crippen molar-refractivity contribution in [1.29, 1.82) is 0 Å². The lowest BCUT2D eigenvalue weighted by molar-refractivity contribution is 0.229. The van der Waals surface area contributed by atoms with E-state index in [9.17, 15) is 4.79 Å². The molecule has 9 heteroatoms. The van der Waals surface area contributed by atoms with Crippen LogP contribution in [0.2, 0.25) is 5.02 Å². The van der Waals surface area contributed by atoms with Crippen molar-refractivity contribution in [2.24, 2.45) is 5.73 Å². The van der Waals surface area contributed by atoms with Crippen LogP contribution >= 0.6 is 11.6 Å². The molecule has 160 valence electrons. The predicted molar refractivity (Wildman–Crippen MR) is 122 cm³/mol. The molecule has 0 bridgehead atoms. The minimum Gasteiger partial charge on any atom is -0.494 e. The molecule has 1 heterocycles. The first-order valence-corrected chi connectivity index (χ1v) is 9.97. The summed E-state index contributed by atoms with van der Waals surface area (Å²) in [6, 6.07) is 4.88. The largest absolute Gasteiger partial charge is 0.494 e. The van der Waals surface area contributed by atoms with Crippen LogP contribution in [-0.4, -0.2) is 35.7 Å². The summed E-state index contributed by atoms with van der Waals surface area (Å²) < 4.78 is 5.49. The maximum Gasteiger partial charge on any atom is 0.319 e. The number of nitrogens with one attached hydrogen (secondary N) is 3. The topological polar surface area (TPSA) is 114 Å². The molecule has 2 rings (SSSR count). The van der Waals surface area contributed by atoms with E-state index in [0.717, 1.165) is 12.8 Å². The Morgan fingerprint density at radius 2 is 2.17 bits per heavy atom. The van der Waals surface area contributed by atoms with Crippen LogP contribution < -0.4 is 32.3 Å². The zero-order chi connectivity index (χ0) is 21.9.